The number of rotatable bonds is 3. The summed E-state index contributed by atoms with van der Waals surface area (Å²) < 4.78 is 5.59. The van der Waals surface area contributed by atoms with E-state index < -0.39 is 18.1 Å². The molecule has 2 fully saturated rings. The standard InChI is InChI=1S/C13H22N2O4/c14-8-9-5-6-11(19-9)12(16)15-7-3-1-2-4-10(15)13(17)18/h9-11H,1-8,14H2,(H,17,18). The van der Waals surface area contributed by atoms with Crippen LogP contribution in [0.1, 0.15) is 38.5 Å². The molecule has 0 aromatic rings. The molecule has 0 aliphatic carbocycles. The smallest absolute Gasteiger partial charge is 0.326 e. The maximum Gasteiger partial charge on any atom is 0.326 e. The summed E-state index contributed by atoms with van der Waals surface area (Å²) in [6.45, 7) is 0.926. The van der Waals surface area contributed by atoms with Crippen LogP contribution < -0.4 is 5.73 Å². The van der Waals surface area contributed by atoms with Crippen molar-refractivity contribution >= 4 is 11.9 Å². The van der Waals surface area contributed by atoms with Gasteiger partial charge in [-0.2, -0.15) is 0 Å². The Balaban J connectivity index is 2.04. The number of carbonyl (C=O) groups is 2. The fourth-order valence-corrected chi connectivity index (χ4v) is 2.87. The summed E-state index contributed by atoms with van der Waals surface area (Å²) in [6.07, 6.45) is 4.08. The second-order valence-corrected chi connectivity index (χ2v) is 5.29. The van der Waals surface area contributed by atoms with Gasteiger partial charge in [-0.05, 0) is 25.7 Å². The molecule has 0 aromatic carbocycles. The van der Waals surface area contributed by atoms with Crippen molar-refractivity contribution in [2.24, 2.45) is 5.73 Å². The Morgan fingerprint density at radius 3 is 2.63 bits per heavy atom. The van der Waals surface area contributed by atoms with E-state index in [0.717, 1.165) is 25.7 Å². The lowest BCUT2D eigenvalue weighted by Gasteiger charge is -2.29. The lowest BCUT2D eigenvalue weighted by molar-refractivity contribution is -0.155. The lowest BCUT2D eigenvalue weighted by atomic mass is 10.1. The first-order chi connectivity index (χ1) is 9.13. The van der Waals surface area contributed by atoms with E-state index >= 15 is 0 Å². The Labute approximate surface area is 112 Å². The fraction of sp³-hybridized carbons (Fsp3) is 0.846. The summed E-state index contributed by atoms with van der Waals surface area (Å²) in [5.74, 6) is -1.09. The summed E-state index contributed by atoms with van der Waals surface area (Å²) in [7, 11) is 0. The Kier molecular flexibility index (Phi) is 4.76. The Morgan fingerprint density at radius 2 is 2.00 bits per heavy atom. The van der Waals surface area contributed by atoms with Crippen LogP contribution in [0.4, 0.5) is 0 Å². The van der Waals surface area contributed by atoms with Crippen LogP contribution in [-0.2, 0) is 14.3 Å². The summed E-state index contributed by atoms with van der Waals surface area (Å²) >= 11 is 0. The van der Waals surface area contributed by atoms with Crippen molar-refractivity contribution in [2.45, 2.75) is 56.8 Å². The third kappa shape index (κ3) is 3.25. The van der Waals surface area contributed by atoms with Gasteiger partial charge in [0.25, 0.3) is 5.91 Å². The lowest BCUT2D eigenvalue weighted by Crippen LogP contribution is -2.49. The predicted octanol–water partition coefficient (Wildman–Crippen LogP) is 0.348. The number of ether oxygens (including phenoxy) is 1. The van der Waals surface area contributed by atoms with Gasteiger partial charge in [-0.15, -0.1) is 0 Å². The molecular weight excluding hydrogens is 248 g/mol. The number of amides is 1. The molecule has 108 valence electrons. The van der Waals surface area contributed by atoms with Crippen LogP contribution in [0.15, 0.2) is 0 Å². The molecule has 2 aliphatic heterocycles. The molecule has 6 nitrogen and oxygen atoms in total. The van der Waals surface area contributed by atoms with Gasteiger partial charge >= 0.3 is 5.97 Å². The molecule has 3 atom stereocenters. The summed E-state index contributed by atoms with van der Waals surface area (Å²) in [5.41, 5.74) is 5.53. The van der Waals surface area contributed by atoms with E-state index in [9.17, 15) is 14.7 Å². The molecule has 19 heavy (non-hydrogen) atoms. The number of carboxylic acid groups (broad SMARTS) is 1. The highest BCUT2D eigenvalue weighted by molar-refractivity contribution is 5.86. The number of nitrogens with zero attached hydrogens (tertiary/aromatic N) is 1. The quantitative estimate of drug-likeness (QED) is 0.772. The zero-order valence-electron chi connectivity index (χ0n) is 11.1. The minimum absolute atomic E-state index is 0.0655. The average molecular weight is 270 g/mol. The van der Waals surface area contributed by atoms with Crippen molar-refractivity contribution < 1.29 is 19.4 Å². The number of carboxylic acids is 1. The molecule has 0 bridgehead atoms. The number of nitrogens with two attached hydrogens (primary N) is 1. The number of hydrogen-bond acceptors (Lipinski definition) is 4. The van der Waals surface area contributed by atoms with E-state index in [-0.39, 0.29) is 12.0 Å². The maximum atomic E-state index is 12.4. The van der Waals surface area contributed by atoms with E-state index in [4.69, 9.17) is 10.5 Å². The average Bonchev–Trinajstić information content (AvgIpc) is 2.74. The van der Waals surface area contributed by atoms with Gasteiger partial charge < -0.3 is 20.5 Å². The summed E-state index contributed by atoms with van der Waals surface area (Å²) in [6, 6.07) is -0.699. The second-order valence-electron chi connectivity index (χ2n) is 5.29. The molecule has 1 amide bonds. The first-order valence-electron chi connectivity index (χ1n) is 7.02. The van der Waals surface area contributed by atoms with Gasteiger partial charge in [-0.25, -0.2) is 4.79 Å². The molecule has 3 unspecified atom stereocenters. The van der Waals surface area contributed by atoms with Gasteiger partial charge in [0, 0.05) is 13.1 Å². The Morgan fingerprint density at radius 1 is 1.21 bits per heavy atom. The predicted molar refractivity (Wildman–Crippen MR) is 68.6 cm³/mol. The molecule has 6 heteroatoms. The van der Waals surface area contributed by atoms with Crippen molar-refractivity contribution in [3.8, 4) is 0 Å². The van der Waals surface area contributed by atoms with E-state index in [2.05, 4.69) is 0 Å². The molecule has 2 rings (SSSR count). The van der Waals surface area contributed by atoms with Gasteiger partial charge in [0.2, 0.25) is 0 Å². The first-order valence-corrected chi connectivity index (χ1v) is 7.02. The van der Waals surface area contributed by atoms with Crippen molar-refractivity contribution in [1.82, 2.24) is 4.90 Å². The second kappa shape index (κ2) is 6.34. The van der Waals surface area contributed by atoms with E-state index in [1.54, 1.807) is 0 Å². The monoisotopic (exact) mass is 270 g/mol. The molecule has 2 aliphatic rings. The van der Waals surface area contributed by atoms with Gasteiger partial charge in [-0.1, -0.05) is 12.8 Å². The van der Waals surface area contributed by atoms with Gasteiger partial charge in [0.05, 0.1) is 6.10 Å². The van der Waals surface area contributed by atoms with Crippen LogP contribution in [0, 0.1) is 0 Å². The minimum atomic E-state index is -0.913. The molecule has 0 spiro atoms. The van der Waals surface area contributed by atoms with Crippen LogP contribution >= 0.6 is 0 Å². The SMILES string of the molecule is NCC1CCC(C(=O)N2CCCCCC2C(=O)O)O1. The van der Waals surface area contributed by atoms with E-state index in [1.807, 2.05) is 0 Å². The largest absolute Gasteiger partial charge is 0.480 e. The Bertz CT molecular complexity index is 348. The molecule has 0 aromatic heterocycles. The zero-order valence-corrected chi connectivity index (χ0v) is 11.1. The summed E-state index contributed by atoms with van der Waals surface area (Å²) in [4.78, 5) is 25.2. The number of carbonyl (C=O) groups excluding carboxylic acids is 1. The van der Waals surface area contributed by atoms with Crippen LogP contribution in [0.3, 0.4) is 0 Å². The third-order valence-electron chi connectivity index (χ3n) is 3.97. The highest BCUT2D eigenvalue weighted by atomic mass is 16.5. The van der Waals surface area contributed by atoms with Crippen molar-refractivity contribution in [1.29, 1.82) is 0 Å². The topological polar surface area (TPSA) is 92.9 Å². The van der Waals surface area contributed by atoms with Crippen LogP contribution in [0.2, 0.25) is 0 Å². The zero-order chi connectivity index (χ0) is 13.8. The van der Waals surface area contributed by atoms with Crippen LogP contribution in [0.5, 0.6) is 0 Å². The van der Waals surface area contributed by atoms with Crippen molar-refractivity contribution in [2.75, 3.05) is 13.1 Å². The number of hydrogen-bond donors (Lipinski definition) is 2. The minimum Gasteiger partial charge on any atom is -0.480 e. The van der Waals surface area contributed by atoms with Gasteiger partial charge in [0.1, 0.15) is 12.1 Å². The van der Waals surface area contributed by atoms with Gasteiger partial charge in [-0.3, -0.25) is 4.79 Å². The molecule has 3 N–H and O–H groups in total. The molecule has 0 radical (unpaired) electrons. The number of likely N-dealkylation sites (tertiary alicyclic amines) is 1. The summed E-state index contributed by atoms with van der Waals surface area (Å²) in [5, 5.41) is 9.27. The van der Waals surface area contributed by atoms with Crippen LogP contribution in [-0.4, -0.2) is 53.2 Å². The molecule has 0 saturated carbocycles. The van der Waals surface area contributed by atoms with Crippen molar-refractivity contribution in [3.63, 3.8) is 0 Å². The molecule has 2 heterocycles. The maximum absolute atomic E-state index is 12.4. The highest BCUT2D eigenvalue weighted by Gasteiger charge is 2.38. The van der Waals surface area contributed by atoms with Gasteiger partial charge in [0.15, 0.2) is 0 Å². The Hall–Kier alpha value is -1.14. The van der Waals surface area contributed by atoms with E-state index in [0.29, 0.717) is 25.9 Å². The normalized spacial score (nSPS) is 32.1. The first kappa shape index (κ1) is 14.3. The fourth-order valence-electron chi connectivity index (χ4n) is 2.87. The third-order valence-corrected chi connectivity index (χ3v) is 3.97. The van der Waals surface area contributed by atoms with Crippen molar-refractivity contribution in [3.05, 3.63) is 0 Å². The van der Waals surface area contributed by atoms with Crippen LogP contribution in [0.25, 0.3) is 0 Å². The molecule has 2 saturated heterocycles. The highest BCUT2D eigenvalue weighted by Crippen LogP contribution is 2.24. The van der Waals surface area contributed by atoms with E-state index in [1.165, 1.54) is 4.90 Å². The molecular formula is C13H22N2O4. The number of aliphatic carboxylic acids is 1.